The monoisotopic (exact) mass is 325 g/mol. The van der Waals surface area contributed by atoms with Gasteiger partial charge in [0.15, 0.2) is 0 Å². The first-order valence-electron chi connectivity index (χ1n) is 6.51. The largest absolute Gasteiger partial charge is 0.392 e. The molecule has 0 atom stereocenters. The first-order chi connectivity index (χ1) is 10.4. The highest BCUT2D eigenvalue weighted by Gasteiger charge is 2.17. The van der Waals surface area contributed by atoms with Gasteiger partial charge in [-0.3, -0.25) is 4.79 Å². The van der Waals surface area contributed by atoms with Crippen molar-refractivity contribution >= 4 is 17.5 Å². The van der Waals surface area contributed by atoms with Gasteiger partial charge < -0.3 is 10.0 Å². The highest BCUT2D eigenvalue weighted by molar-refractivity contribution is 6.31. The van der Waals surface area contributed by atoms with Crippen LogP contribution in [0, 0.1) is 11.6 Å². The van der Waals surface area contributed by atoms with E-state index in [4.69, 9.17) is 16.7 Å². The van der Waals surface area contributed by atoms with Gasteiger partial charge in [-0.05, 0) is 24.3 Å². The number of carbonyl (C=O) groups excluding carboxylic acids is 1. The average molecular weight is 326 g/mol. The summed E-state index contributed by atoms with van der Waals surface area (Å²) in [6, 6.07) is 8.07. The molecular formula is C16H14ClF2NO2. The first kappa shape index (κ1) is 16.4. The van der Waals surface area contributed by atoms with Crippen LogP contribution in [0.1, 0.15) is 21.5 Å². The van der Waals surface area contributed by atoms with E-state index in [9.17, 15) is 13.6 Å². The summed E-state index contributed by atoms with van der Waals surface area (Å²) in [4.78, 5) is 13.5. The molecule has 0 heterocycles. The van der Waals surface area contributed by atoms with E-state index < -0.39 is 24.1 Å². The lowest BCUT2D eigenvalue weighted by atomic mass is 10.1. The molecule has 0 saturated carbocycles. The van der Waals surface area contributed by atoms with E-state index in [-0.39, 0.29) is 28.3 Å². The van der Waals surface area contributed by atoms with Gasteiger partial charge in [-0.25, -0.2) is 8.78 Å². The molecule has 0 spiro atoms. The van der Waals surface area contributed by atoms with E-state index in [0.717, 1.165) is 6.07 Å². The number of amides is 1. The maximum Gasteiger partial charge on any atom is 0.254 e. The van der Waals surface area contributed by atoms with Crippen molar-refractivity contribution in [2.24, 2.45) is 0 Å². The summed E-state index contributed by atoms with van der Waals surface area (Å²) in [5, 5.41) is 9.14. The lowest BCUT2D eigenvalue weighted by molar-refractivity contribution is 0.0783. The molecule has 0 radical (unpaired) electrons. The zero-order chi connectivity index (χ0) is 16.3. The lowest BCUT2D eigenvalue weighted by Crippen LogP contribution is -2.27. The fourth-order valence-electron chi connectivity index (χ4n) is 2.02. The molecule has 0 unspecified atom stereocenters. The quantitative estimate of drug-likeness (QED) is 0.936. The van der Waals surface area contributed by atoms with Gasteiger partial charge in [0.25, 0.3) is 5.91 Å². The van der Waals surface area contributed by atoms with Crippen LogP contribution in [0.4, 0.5) is 8.78 Å². The Morgan fingerprint density at radius 2 is 1.95 bits per heavy atom. The van der Waals surface area contributed by atoms with E-state index in [1.54, 1.807) is 0 Å². The standard InChI is InChI=1S/C16H14ClF2NO2/c1-20(8-12-13(17)3-2-4-14(12)18)16(22)10-5-6-11(9-21)15(19)7-10/h2-7,21H,8-9H2,1H3. The molecule has 0 fully saturated rings. The fourth-order valence-corrected chi connectivity index (χ4v) is 2.24. The molecule has 2 aromatic rings. The van der Waals surface area contributed by atoms with Gasteiger partial charge in [0.05, 0.1) is 6.61 Å². The van der Waals surface area contributed by atoms with Crippen molar-refractivity contribution in [1.82, 2.24) is 4.90 Å². The van der Waals surface area contributed by atoms with Crippen LogP contribution in [0.15, 0.2) is 36.4 Å². The normalized spacial score (nSPS) is 10.6. The third kappa shape index (κ3) is 3.43. The predicted octanol–water partition coefficient (Wildman–Crippen LogP) is 3.38. The zero-order valence-corrected chi connectivity index (χ0v) is 12.6. The van der Waals surface area contributed by atoms with Crippen molar-refractivity contribution in [3.8, 4) is 0 Å². The van der Waals surface area contributed by atoms with E-state index >= 15 is 0 Å². The van der Waals surface area contributed by atoms with Crippen molar-refractivity contribution in [3.05, 3.63) is 69.7 Å². The smallest absolute Gasteiger partial charge is 0.254 e. The first-order valence-corrected chi connectivity index (χ1v) is 6.89. The van der Waals surface area contributed by atoms with Crippen LogP contribution in [0.25, 0.3) is 0 Å². The lowest BCUT2D eigenvalue weighted by Gasteiger charge is -2.18. The van der Waals surface area contributed by atoms with Gasteiger partial charge in [0.2, 0.25) is 0 Å². The second kappa shape index (κ2) is 6.85. The van der Waals surface area contributed by atoms with E-state index in [1.165, 1.54) is 42.3 Å². The van der Waals surface area contributed by atoms with Gasteiger partial charge in [-0.1, -0.05) is 23.7 Å². The second-order valence-electron chi connectivity index (χ2n) is 4.83. The molecule has 116 valence electrons. The zero-order valence-electron chi connectivity index (χ0n) is 11.8. The Hall–Kier alpha value is -1.98. The highest BCUT2D eigenvalue weighted by atomic mass is 35.5. The topological polar surface area (TPSA) is 40.5 Å². The third-order valence-corrected chi connectivity index (χ3v) is 3.63. The van der Waals surface area contributed by atoms with E-state index in [1.807, 2.05) is 0 Å². The predicted molar refractivity (Wildman–Crippen MR) is 79.5 cm³/mol. The summed E-state index contributed by atoms with van der Waals surface area (Å²) in [5.41, 5.74) is 0.425. The van der Waals surface area contributed by atoms with Crippen molar-refractivity contribution in [2.45, 2.75) is 13.2 Å². The van der Waals surface area contributed by atoms with Crippen LogP contribution in [0.3, 0.4) is 0 Å². The summed E-state index contributed by atoms with van der Waals surface area (Å²) >= 11 is 5.92. The van der Waals surface area contributed by atoms with Gasteiger partial charge in [-0.15, -0.1) is 0 Å². The molecule has 3 nitrogen and oxygen atoms in total. The van der Waals surface area contributed by atoms with Gasteiger partial charge in [0.1, 0.15) is 11.6 Å². The van der Waals surface area contributed by atoms with Crippen LogP contribution < -0.4 is 0 Å². The second-order valence-corrected chi connectivity index (χ2v) is 5.23. The molecule has 2 aromatic carbocycles. The molecule has 0 aromatic heterocycles. The van der Waals surface area contributed by atoms with Gasteiger partial charge in [0, 0.05) is 35.3 Å². The Morgan fingerprint density at radius 1 is 1.23 bits per heavy atom. The number of aliphatic hydroxyl groups excluding tert-OH is 1. The number of rotatable bonds is 4. The minimum Gasteiger partial charge on any atom is -0.392 e. The maximum absolute atomic E-state index is 13.7. The molecule has 22 heavy (non-hydrogen) atoms. The summed E-state index contributed by atoms with van der Waals surface area (Å²) in [5.74, 6) is -1.64. The Kier molecular flexibility index (Phi) is 5.11. The molecule has 0 aliphatic rings. The van der Waals surface area contributed by atoms with Crippen LogP contribution in [-0.2, 0) is 13.2 Å². The molecule has 1 amide bonds. The van der Waals surface area contributed by atoms with Crippen molar-refractivity contribution in [2.75, 3.05) is 7.05 Å². The molecule has 0 bridgehead atoms. The van der Waals surface area contributed by atoms with Gasteiger partial charge in [-0.2, -0.15) is 0 Å². The molecule has 0 aliphatic carbocycles. The molecule has 0 saturated heterocycles. The summed E-state index contributed by atoms with van der Waals surface area (Å²) in [6.07, 6.45) is 0. The van der Waals surface area contributed by atoms with Crippen LogP contribution in [0.5, 0.6) is 0 Å². The number of carbonyl (C=O) groups is 1. The van der Waals surface area contributed by atoms with Crippen LogP contribution in [-0.4, -0.2) is 23.0 Å². The minimum atomic E-state index is -0.661. The average Bonchev–Trinajstić information content (AvgIpc) is 2.50. The fraction of sp³-hybridized carbons (Fsp3) is 0.188. The summed E-state index contributed by atoms with van der Waals surface area (Å²) in [6.45, 7) is -0.477. The number of nitrogens with zero attached hydrogens (tertiary/aromatic N) is 1. The molecule has 0 aliphatic heterocycles. The number of hydrogen-bond donors (Lipinski definition) is 1. The third-order valence-electron chi connectivity index (χ3n) is 3.27. The van der Waals surface area contributed by atoms with Crippen molar-refractivity contribution in [1.29, 1.82) is 0 Å². The molecule has 1 N–H and O–H groups in total. The summed E-state index contributed by atoms with van der Waals surface area (Å²) in [7, 11) is 1.48. The molecule has 2 rings (SSSR count). The van der Waals surface area contributed by atoms with E-state index in [2.05, 4.69) is 0 Å². The van der Waals surface area contributed by atoms with Crippen molar-refractivity contribution in [3.63, 3.8) is 0 Å². The Bertz CT molecular complexity index is 686. The highest BCUT2D eigenvalue weighted by Crippen LogP contribution is 2.21. The number of hydrogen-bond acceptors (Lipinski definition) is 2. The van der Waals surface area contributed by atoms with E-state index in [0.29, 0.717) is 0 Å². The molecule has 6 heteroatoms. The van der Waals surface area contributed by atoms with Crippen LogP contribution >= 0.6 is 11.6 Å². The maximum atomic E-state index is 13.7. The summed E-state index contributed by atoms with van der Waals surface area (Å²) < 4.78 is 27.3. The van der Waals surface area contributed by atoms with Crippen molar-refractivity contribution < 1.29 is 18.7 Å². The number of benzene rings is 2. The Labute approximate surface area is 131 Å². The minimum absolute atomic E-state index is 0.0340. The molecular weight excluding hydrogens is 312 g/mol. The SMILES string of the molecule is CN(Cc1c(F)cccc1Cl)C(=O)c1ccc(CO)c(F)c1. The van der Waals surface area contributed by atoms with Gasteiger partial charge >= 0.3 is 0 Å². The number of aliphatic hydroxyl groups is 1. The number of halogens is 3. The van der Waals surface area contributed by atoms with Crippen LogP contribution in [0.2, 0.25) is 5.02 Å². The Morgan fingerprint density at radius 3 is 2.55 bits per heavy atom. The Balaban J connectivity index is 2.21.